The Balaban J connectivity index is 1.63. The average Bonchev–Trinajstić information content (AvgIpc) is 2.84. The number of likely N-dealkylation sites (N-methyl/N-ethyl adjacent to an activating group) is 1. The van der Waals surface area contributed by atoms with Gasteiger partial charge in [0.15, 0.2) is 0 Å². The molecule has 0 aliphatic carbocycles. The molecule has 3 heterocycles. The van der Waals surface area contributed by atoms with Crippen LogP contribution in [0.15, 0.2) is 36.5 Å². The second kappa shape index (κ2) is 11.6. The van der Waals surface area contributed by atoms with E-state index >= 15 is 0 Å². The number of rotatable bonds is 10. The summed E-state index contributed by atoms with van der Waals surface area (Å²) in [6.07, 6.45) is 3.98. The molecule has 3 aromatic rings. The van der Waals surface area contributed by atoms with Crippen molar-refractivity contribution in [1.82, 2.24) is 24.8 Å². The van der Waals surface area contributed by atoms with E-state index in [1.165, 1.54) is 5.56 Å². The normalized spacial score (nSPS) is 15.1. The summed E-state index contributed by atoms with van der Waals surface area (Å²) < 4.78 is 6.09. The van der Waals surface area contributed by atoms with E-state index in [0.717, 1.165) is 86.6 Å². The summed E-state index contributed by atoms with van der Waals surface area (Å²) in [6, 6.07) is 11.0. The maximum Gasteiger partial charge on any atom is 0.319 e. The molecule has 4 rings (SSSR count). The molecule has 1 fully saturated rings. The van der Waals surface area contributed by atoms with E-state index < -0.39 is 0 Å². The number of pyridine rings is 1. The molecule has 182 valence electrons. The van der Waals surface area contributed by atoms with Crippen LogP contribution >= 0.6 is 0 Å². The lowest BCUT2D eigenvalue weighted by molar-refractivity contribution is 0.131. The third-order valence-corrected chi connectivity index (χ3v) is 6.38. The lowest BCUT2D eigenvalue weighted by atomic mass is 10.1. The van der Waals surface area contributed by atoms with Crippen molar-refractivity contribution in [3.8, 4) is 17.3 Å². The van der Waals surface area contributed by atoms with E-state index in [2.05, 4.69) is 72.9 Å². The molecule has 7 nitrogen and oxygen atoms in total. The summed E-state index contributed by atoms with van der Waals surface area (Å²) in [7, 11) is 2.18. The molecule has 1 aliphatic heterocycles. The number of aryl methyl sites for hydroxylation is 1. The Morgan fingerprint density at radius 2 is 1.76 bits per heavy atom. The van der Waals surface area contributed by atoms with Gasteiger partial charge in [-0.15, -0.1) is 0 Å². The van der Waals surface area contributed by atoms with Crippen LogP contribution in [0.3, 0.4) is 0 Å². The van der Waals surface area contributed by atoms with Crippen LogP contribution in [0.1, 0.15) is 32.3 Å². The maximum absolute atomic E-state index is 6.09. The molecule has 1 aliphatic rings. The minimum Gasteiger partial charge on any atom is -0.462 e. The van der Waals surface area contributed by atoms with Gasteiger partial charge in [-0.25, -0.2) is 0 Å². The van der Waals surface area contributed by atoms with Crippen molar-refractivity contribution in [2.24, 2.45) is 0 Å². The lowest BCUT2D eigenvalue weighted by Crippen LogP contribution is -2.45. The summed E-state index contributed by atoms with van der Waals surface area (Å²) in [5.41, 5.74) is 4.10. The number of hydrogen-bond acceptors (Lipinski definition) is 7. The highest BCUT2D eigenvalue weighted by Crippen LogP contribution is 2.30. The lowest BCUT2D eigenvalue weighted by Gasteiger charge is -2.32. The van der Waals surface area contributed by atoms with Crippen molar-refractivity contribution in [2.45, 2.75) is 33.6 Å². The van der Waals surface area contributed by atoms with Crippen LogP contribution in [-0.4, -0.2) is 84.2 Å². The van der Waals surface area contributed by atoms with E-state index in [-0.39, 0.29) is 0 Å². The third kappa shape index (κ3) is 6.02. The van der Waals surface area contributed by atoms with Crippen LogP contribution in [0.25, 0.3) is 22.2 Å². The van der Waals surface area contributed by atoms with Gasteiger partial charge in [0.1, 0.15) is 12.4 Å². The van der Waals surface area contributed by atoms with Gasteiger partial charge in [-0.05, 0) is 38.9 Å². The van der Waals surface area contributed by atoms with Gasteiger partial charge >= 0.3 is 6.01 Å². The predicted octanol–water partition coefficient (Wildman–Crippen LogP) is 4.25. The van der Waals surface area contributed by atoms with Crippen molar-refractivity contribution in [3.05, 3.63) is 42.1 Å². The van der Waals surface area contributed by atoms with Crippen LogP contribution in [0.5, 0.6) is 6.01 Å². The first-order valence-corrected chi connectivity index (χ1v) is 12.6. The molecule has 0 spiro atoms. The SMILES string of the molecule is CCCN(CCC)c1nc(OCCN2CCN(C)CC2)nc2cnc(-c3cccc(C)c3)cc12. The zero-order chi connectivity index (χ0) is 23.9. The molecule has 0 saturated carbocycles. The van der Waals surface area contributed by atoms with Gasteiger partial charge in [0, 0.05) is 56.8 Å². The summed E-state index contributed by atoms with van der Waals surface area (Å²) >= 11 is 0. The average molecular weight is 463 g/mol. The zero-order valence-corrected chi connectivity index (χ0v) is 21.1. The standard InChI is InChI=1S/C27H38N6O/c1-5-10-33(11-6-2)26-23-19-24(22-9-7-8-21(3)18-22)28-20-25(23)29-27(30-26)34-17-16-32-14-12-31(4)13-15-32/h7-9,18-20H,5-6,10-17H2,1-4H3. The fraction of sp³-hybridized carbons (Fsp3) is 0.519. The summed E-state index contributed by atoms with van der Waals surface area (Å²) in [4.78, 5) is 21.6. The van der Waals surface area contributed by atoms with Crippen LogP contribution < -0.4 is 9.64 Å². The first-order chi connectivity index (χ1) is 16.6. The van der Waals surface area contributed by atoms with E-state index in [1.54, 1.807) is 0 Å². The number of aromatic nitrogens is 3. The van der Waals surface area contributed by atoms with Gasteiger partial charge in [-0.2, -0.15) is 9.97 Å². The molecule has 0 bridgehead atoms. The molecular weight excluding hydrogens is 424 g/mol. The quantitative estimate of drug-likeness (QED) is 0.446. The second-order valence-electron chi connectivity index (χ2n) is 9.27. The summed E-state index contributed by atoms with van der Waals surface area (Å²) in [5, 5.41) is 1.03. The smallest absolute Gasteiger partial charge is 0.319 e. The Morgan fingerprint density at radius 3 is 2.47 bits per heavy atom. The van der Waals surface area contributed by atoms with Crippen LogP contribution in [0, 0.1) is 6.92 Å². The summed E-state index contributed by atoms with van der Waals surface area (Å²) in [6.45, 7) is 14.3. The number of benzene rings is 1. The number of fused-ring (bicyclic) bond motifs is 1. The minimum atomic E-state index is 0.443. The molecule has 0 amide bonds. The number of anilines is 1. The van der Waals surface area contributed by atoms with Crippen molar-refractivity contribution in [2.75, 3.05) is 64.4 Å². The maximum atomic E-state index is 6.09. The molecule has 0 radical (unpaired) electrons. The summed E-state index contributed by atoms with van der Waals surface area (Å²) in [5.74, 6) is 0.944. The van der Waals surface area contributed by atoms with E-state index in [9.17, 15) is 0 Å². The van der Waals surface area contributed by atoms with Crippen LogP contribution in [0.4, 0.5) is 5.82 Å². The molecule has 2 aromatic heterocycles. The Labute approximate surface area is 203 Å². The molecule has 0 atom stereocenters. The van der Waals surface area contributed by atoms with Crippen molar-refractivity contribution in [3.63, 3.8) is 0 Å². The van der Waals surface area contributed by atoms with E-state index in [0.29, 0.717) is 12.6 Å². The zero-order valence-electron chi connectivity index (χ0n) is 21.1. The molecule has 0 N–H and O–H groups in total. The van der Waals surface area contributed by atoms with E-state index in [1.807, 2.05) is 6.20 Å². The fourth-order valence-electron chi connectivity index (χ4n) is 4.46. The Morgan fingerprint density at radius 1 is 1.00 bits per heavy atom. The van der Waals surface area contributed by atoms with Gasteiger partial charge < -0.3 is 14.5 Å². The second-order valence-corrected chi connectivity index (χ2v) is 9.27. The highest BCUT2D eigenvalue weighted by molar-refractivity contribution is 5.92. The highest BCUT2D eigenvalue weighted by Gasteiger charge is 2.17. The van der Waals surface area contributed by atoms with Gasteiger partial charge in [0.25, 0.3) is 0 Å². The topological polar surface area (TPSA) is 57.6 Å². The number of ether oxygens (including phenoxy) is 1. The molecule has 7 heteroatoms. The predicted molar refractivity (Wildman–Crippen MR) is 140 cm³/mol. The highest BCUT2D eigenvalue weighted by atomic mass is 16.5. The largest absolute Gasteiger partial charge is 0.462 e. The van der Waals surface area contributed by atoms with E-state index in [4.69, 9.17) is 19.7 Å². The van der Waals surface area contributed by atoms with Gasteiger partial charge in [-0.1, -0.05) is 37.6 Å². The van der Waals surface area contributed by atoms with Gasteiger partial charge in [-0.3, -0.25) is 9.88 Å². The molecule has 1 saturated heterocycles. The first kappa shape index (κ1) is 24.4. The minimum absolute atomic E-state index is 0.443. The van der Waals surface area contributed by atoms with Crippen molar-refractivity contribution in [1.29, 1.82) is 0 Å². The van der Waals surface area contributed by atoms with Gasteiger partial charge in [0.2, 0.25) is 0 Å². The molecule has 0 unspecified atom stereocenters. The van der Waals surface area contributed by atoms with Crippen LogP contribution in [-0.2, 0) is 0 Å². The number of piperazine rings is 1. The number of hydrogen-bond donors (Lipinski definition) is 0. The van der Waals surface area contributed by atoms with Crippen LogP contribution in [0.2, 0.25) is 0 Å². The molecular formula is C27H38N6O. The number of nitrogens with zero attached hydrogens (tertiary/aromatic N) is 6. The third-order valence-electron chi connectivity index (χ3n) is 6.38. The van der Waals surface area contributed by atoms with Crippen molar-refractivity contribution >= 4 is 16.7 Å². The monoisotopic (exact) mass is 462 g/mol. The Kier molecular flexibility index (Phi) is 8.29. The molecule has 1 aromatic carbocycles. The first-order valence-electron chi connectivity index (χ1n) is 12.6. The Hall–Kier alpha value is -2.77. The van der Waals surface area contributed by atoms with Crippen molar-refractivity contribution < 1.29 is 4.74 Å². The fourth-order valence-corrected chi connectivity index (χ4v) is 4.46. The van der Waals surface area contributed by atoms with Gasteiger partial charge in [0.05, 0.1) is 17.4 Å². The Bertz CT molecular complexity index is 1070. The molecule has 34 heavy (non-hydrogen) atoms.